The lowest BCUT2D eigenvalue weighted by Gasteiger charge is -2.16. The van der Waals surface area contributed by atoms with E-state index in [0.717, 1.165) is 31.1 Å². The van der Waals surface area contributed by atoms with Gasteiger partial charge >= 0.3 is 0 Å². The largest absolute Gasteiger partial charge is 0.490 e. The molecular weight excluding hydrogens is 226 g/mol. The first kappa shape index (κ1) is 13.2. The molecule has 100 valence electrons. The summed E-state index contributed by atoms with van der Waals surface area (Å²) >= 11 is 0. The lowest BCUT2D eigenvalue weighted by atomic mass is 10.0. The Bertz CT molecular complexity index is 375. The minimum atomic E-state index is 0.495. The molecule has 0 aromatic heterocycles. The van der Waals surface area contributed by atoms with E-state index in [-0.39, 0.29) is 0 Å². The second-order valence-electron chi connectivity index (χ2n) is 5.01. The summed E-state index contributed by atoms with van der Waals surface area (Å²) in [7, 11) is 2.02. The zero-order chi connectivity index (χ0) is 12.8. The molecule has 1 saturated carbocycles. The van der Waals surface area contributed by atoms with Crippen LogP contribution in [0.25, 0.3) is 0 Å². The number of benzene rings is 1. The number of hydrogen-bond acceptors (Lipinski definition) is 3. The van der Waals surface area contributed by atoms with E-state index in [4.69, 9.17) is 9.47 Å². The molecule has 1 aromatic carbocycles. The summed E-state index contributed by atoms with van der Waals surface area (Å²) in [5, 5.41) is 3.27. The van der Waals surface area contributed by atoms with Crippen molar-refractivity contribution in [2.75, 3.05) is 26.8 Å². The lowest BCUT2D eigenvalue weighted by molar-refractivity contribution is 0.247. The fourth-order valence-electron chi connectivity index (χ4n) is 2.29. The predicted octanol–water partition coefficient (Wildman–Crippen LogP) is 2.85. The fourth-order valence-corrected chi connectivity index (χ4v) is 2.29. The molecule has 0 amide bonds. The molecule has 0 aliphatic heterocycles. The first-order chi connectivity index (χ1) is 8.79. The molecule has 1 fully saturated rings. The van der Waals surface area contributed by atoms with E-state index in [1.54, 1.807) is 0 Å². The van der Waals surface area contributed by atoms with Crippen LogP contribution in [0.1, 0.15) is 26.2 Å². The van der Waals surface area contributed by atoms with Crippen molar-refractivity contribution < 1.29 is 9.47 Å². The van der Waals surface area contributed by atoms with Gasteiger partial charge in [-0.05, 0) is 50.8 Å². The second kappa shape index (κ2) is 6.10. The molecule has 0 heterocycles. The van der Waals surface area contributed by atoms with Crippen LogP contribution in [0.15, 0.2) is 24.3 Å². The average Bonchev–Trinajstić information content (AvgIpc) is 3.12. The van der Waals surface area contributed by atoms with Crippen LogP contribution >= 0.6 is 0 Å². The molecular formula is C15H23NO2. The molecule has 2 rings (SSSR count). The van der Waals surface area contributed by atoms with Gasteiger partial charge in [0.05, 0.1) is 13.2 Å². The highest BCUT2D eigenvalue weighted by Crippen LogP contribution is 2.48. The van der Waals surface area contributed by atoms with Gasteiger partial charge in [0.2, 0.25) is 0 Å². The Labute approximate surface area is 109 Å². The fraction of sp³-hybridized carbons (Fsp3) is 0.600. The molecule has 0 spiro atoms. The third-order valence-corrected chi connectivity index (χ3v) is 3.55. The number of rotatable bonds is 8. The molecule has 3 nitrogen and oxygen atoms in total. The Morgan fingerprint density at radius 2 is 1.83 bits per heavy atom. The molecule has 0 atom stereocenters. The van der Waals surface area contributed by atoms with Gasteiger partial charge in [-0.15, -0.1) is 0 Å². The second-order valence-corrected chi connectivity index (χ2v) is 5.01. The van der Waals surface area contributed by atoms with Crippen molar-refractivity contribution in [1.82, 2.24) is 5.32 Å². The van der Waals surface area contributed by atoms with Crippen LogP contribution in [0, 0.1) is 5.41 Å². The molecule has 3 heteroatoms. The summed E-state index contributed by atoms with van der Waals surface area (Å²) in [6.45, 7) is 4.53. The molecule has 18 heavy (non-hydrogen) atoms. The van der Waals surface area contributed by atoms with Gasteiger partial charge in [-0.1, -0.05) is 12.1 Å². The zero-order valence-electron chi connectivity index (χ0n) is 11.4. The highest BCUT2D eigenvalue weighted by molar-refractivity contribution is 5.39. The lowest BCUT2D eigenvalue weighted by Crippen LogP contribution is -2.22. The van der Waals surface area contributed by atoms with Crippen LogP contribution < -0.4 is 14.8 Å². The Balaban J connectivity index is 1.83. The quantitative estimate of drug-likeness (QED) is 0.768. The summed E-state index contributed by atoms with van der Waals surface area (Å²) in [6.07, 6.45) is 3.77. The van der Waals surface area contributed by atoms with E-state index >= 15 is 0 Å². The van der Waals surface area contributed by atoms with Crippen molar-refractivity contribution in [3.05, 3.63) is 24.3 Å². The molecule has 0 saturated heterocycles. The van der Waals surface area contributed by atoms with Gasteiger partial charge in [0.25, 0.3) is 0 Å². The van der Waals surface area contributed by atoms with Crippen LogP contribution in [0.2, 0.25) is 0 Å². The van der Waals surface area contributed by atoms with Crippen molar-refractivity contribution in [3.63, 3.8) is 0 Å². The van der Waals surface area contributed by atoms with Crippen LogP contribution in [0.5, 0.6) is 11.5 Å². The minimum Gasteiger partial charge on any atom is -0.490 e. The molecule has 1 aromatic rings. The van der Waals surface area contributed by atoms with Crippen LogP contribution in [0.3, 0.4) is 0 Å². The summed E-state index contributed by atoms with van der Waals surface area (Å²) in [4.78, 5) is 0. The highest BCUT2D eigenvalue weighted by Gasteiger charge is 2.41. The molecule has 0 bridgehead atoms. The monoisotopic (exact) mass is 249 g/mol. The SMILES string of the molecule is CCOc1ccccc1OCCC1(CNC)CC1. The number of nitrogens with one attached hydrogen (secondary N) is 1. The van der Waals surface area contributed by atoms with Crippen molar-refractivity contribution in [3.8, 4) is 11.5 Å². The number of para-hydroxylation sites is 2. The van der Waals surface area contributed by atoms with Gasteiger partial charge in [0.1, 0.15) is 0 Å². The van der Waals surface area contributed by atoms with E-state index in [1.807, 2.05) is 38.2 Å². The average molecular weight is 249 g/mol. The van der Waals surface area contributed by atoms with Crippen LogP contribution in [-0.2, 0) is 0 Å². The summed E-state index contributed by atoms with van der Waals surface area (Å²) in [6, 6.07) is 7.89. The van der Waals surface area contributed by atoms with Crippen LogP contribution in [0.4, 0.5) is 0 Å². The van der Waals surface area contributed by atoms with Crippen molar-refractivity contribution in [1.29, 1.82) is 0 Å². The third kappa shape index (κ3) is 3.39. The van der Waals surface area contributed by atoms with Crippen LogP contribution in [-0.4, -0.2) is 26.8 Å². The standard InChI is InChI=1S/C15H23NO2/c1-3-17-13-6-4-5-7-14(13)18-11-10-15(8-9-15)12-16-2/h4-7,16H,3,8-12H2,1-2H3. The van der Waals surface area contributed by atoms with Gasteiger partial charge in [-0.2, -0.15) is 0 Å². The van der Waals surface area contributed by atoms with Gasteiger partial charge in [-0.25, -0.2) is 0 Å². The number of ether oxygens (including phenoxy) is 2. The molecule has 0 radical (unpaired) electrons. The third-order valence-electron chi connectivity index (χ3n) is 3.55. The Hall–Kier alpha value is -1.22. The Kier molecular flexibility index (Phi) is 4.48. The van der Waals surface area contributed by atoms with Crippen molar-refractivity contribution >= 4 is 0 Å². The Morgan fingerprint density at radius 1 is 1.17 bits per heavy atom. The maximum Gasteiger partial charge on any atom is 0.161 e. The van der Waals surface area contributed by atoms with E-state index in [0.29, 0.717) is 12.0 Å². The van der Waals surface area contributed by atoms with Crippen molar-refractivity contribution in [2.45, 2.75) is 26.2 Å². The summed E-state index contributed by atoms with van der Waals surface area (Å²) in [5.41, 5.74) is 0.495. The molecule has 1 aliphatic rings. The van der Waals surface area contributed by atoms with Gasteiger partial charge in [0.15, 0.2) is 11.5 Å². The number of hydrogen-bond donors (Lipinski definition) is 1. The first-order valence-corrected chi connectivity index (χ1v) is 6.79. The van der Waals surface area contributed by atoms with E-state index < -0.39 is 0 Å². The maximum atomic E-state index is 5.86. The van der Waals surface area contributed by atoms with Gasteiger partial charge in [-0.3, -0.25) is 0 Å². The topological polar surface area (TPSA) is 30.5 Å². The minimum absolute atomic E-state index is 0.495. The highest BCUT2D eigenvalue weighted by atomic mass is 16.5. The maximum absolute atomic E-state index is 5.86. The van der Waals surface area contributed by atoms with E-state index in [9.17, 15) is 0 Å². The molecule has 1 aliphatic carbocycles. The predicted molar refractivity (Wildman–Crippen MR) is 73.3 cm³/mol. The summed E-state index contributed by atoms with van der Waals surface area (Å²) < 4.78 is 11.4. The van der Waals surface area contributed by atoms with Gasteiger partial charge in [0, 0.05) is 6.54 Å². The van der Waals surface area contributed by atoms with E-state index in [1.165, 1.54) is 12.8 Å². The molecule has 1 N–H and O–H groups in total. The summed E-state index contributed by atoms with van der Waals surface area (Å²) in [5.74, 6) is 1.71. The first-order valence-electron chi connectivity index (χ1n) is 6.79. The zero-order valence-corrected chi connectivity index (χ0v) is 11.4. The smallest absolute Gasteiger partial charge is 0.161 e. The van der Waals surface area contributed by atoms with E-state index in [2.05, 4.69) is 5.32 Å². The van der Waals surface area contributed by atoms with Crippen molar-refractivity contribution in [2.24, 2.45) is 5.41 Å². The Morgan fingerprint density at radius 3 is 2.39 bits per heavy atom. The molecule has 0 unspecified atom stereocenters. The van der Waals surface area contributed by atoms with Gasteiger partial charge < -0.3 is 14.8 Å². The normalized spacial score (nSPS) is 16.3.